The number of fused-ring (bicyclic) bond motifs is 2. The Balaban J connectivity index is 1.45. The summed E-state index contributed by atoms with van der Waals surface area (Å²) < 4.78 is 0. The van der Waals surface area contributed by atoms with Crippen molar-refractivity contribution in [3.8, 4) is 0 Å². The molecule has 1 aromatic carbocycles. The Morgan fingerprint density at radius 3 is 2.75 bits per heavy atom. The SMILES string of the molecule is CCNC(=NCCC1CC2CCC1C2)NCCc1cccc(C(=O)N(C)C)c1. The van der Waals surface area contributed by atoms with Gasteiger partial charge in [0.1, 0.15) is 0 Å². The van der Waals surface area contributed by atoms with Crippen molar-refractivity contribution in [2.24, 2.45) is 22.7 Å². The number of nitrogens with one attached hydrogen (secondary N) is 2. The minimum Gasteiger partial charge on any atom is -0.357 e. The largest absolute Gasteiger partial charge is 0.357 e. The molecule has 2 bridgehead atoms. The summed E-state index contributed by atoms with van der Waals surface area (Å²) in [7, 11) is 3.57. The van der Waals surface area contributed by atoms with Gasteiger partial charge in [-0.3, -0.25) is 9.79 Å². The van der Waals surface area contributed by atoms with E-state index in [2.05, 4.69) is 23.6 Å². The van der Waals surface area contributed by atoms with Gasteiger partial charge in [0.25, 0.3) is 5.91 Å². The van der Waals surface area contributed by atoms with Crippen LogP contribution in [0.2, 0.25) is 0 Å². The number of guanidine groups is 1. The summed E-state index contributed by atoms with van der Waals surface area (Å²) in [5, 5.41) is 6.79. The highest BCUT2D eigenvalue weighted by atomic mass is 16.2. The Morgan fingerprint density at radius 2 is 2.07 bits per heavy atom. The van der Waals surface area contributed by atoms with Crippen molar-refractivity contribution in [2.75, 3.05) is 33.7 Å². The van der Waals surface area contributed by atoms with E-state index in [4.69, 9.17) is 4.99 Å². The summed E-state index contributed by atoms with van der Waals surface area (Å²) in [6, 6.07) is 7.90. The summed E-state index contributed by atoms with van der Waals surface area (Å²) >= 11 is 0. The van der Waals surface area contributed by atoms with Gasteiger partial charge in [-0.25, -0.2) is 0 Å². The summed E-state index contributed by atoms with van der Waals surface area (Å²) in [6.45, 7) is 4.69. The van der Waals surface area contributed by atoms with Gasteiger partial charge in [0.2, 0.25) is 0 Å². The van der Waals surface area contributed by atoms with E-state index in [1.807, 2.05) is 18.2 Å². The third-order valence-corrected chi connectivity index (χ3v) is 6.28. The zero-order chi connectivity index (χ0) is 19.9. The topological polar surface area (TPSA) is 56.7 Å². The standard InChI is InChI=1S/C23H36N4O/c1-4-24-23(26-13-11-20-16-18-8-9-19(20)15-18)25-12-10-17-6-5-7-21(14-17)22(28)27(2)3/h5-7,14,18-20H,4,8-13,15-16H2,1-3H3,(H2,24,25,26). The molecular weight excluding hydrogens is 348 g/mol. The Kier molecular flexibility index (Phi) is 7.35. The third-order valence-electron chi connectivity index (χ3n) is 6.28. The highest BCUT2D eigenvalue weighted by Crippen LogP contribution is 2.49. The molecule has 3 rings (SSSR count). The molecule has 0 spiro atoms. The number of hydrogen-bond donors (Lipinski definition) is 2. The summed E-state index contributed by atoms with van der Waals surface area (Å²) in [5.41, 5.74) is 1.91. The molecule has 2 saturated carbocycles. The van der Waals surface area contributed by atoms with Crippen molar-refractivity contribution < 1.29 is 4.79 Å². The molecule has 1 aromatic rings. The van der Waals surface area contributed by atoms with Gasteiger partial charge in [-0.15, -0.1) is 0 Å². The Hall–Kier alpha value is -2.04. The first kappa shape index (κ1) is 20.7. The summed E-state index contributed by atoms with van der Waals surface area (Å²) in [5.74, 6) is 3.85. The van der Waals surface area contributed by atoms with Crippen molar-refractivity contribution >= 4 is 11.9 Å². The van der Waals surface area contributed by atoms with Crippen LogP contribution in [-0.2, 0) is 6.42 Å². The smallest absolute Gasteiger partial charge is 0.253 e. The van der Waals surface area contributed by atoms with E-state index < -0.39 is 0 Å². The van der Waals surface area contributed by atoms with Crippen LogP contribution >= 0.6 is 0 Å². The first-order valence-corrected chi connectivity index (χ1v) is 10.9. The van der Waals surface area contributed by atoms with E-state index in [1.165, 1.54) is 32.1 Å². The molecular formula is C23H36N4O. The maximum Gasteiger partial charge on any atom is 0.253 e. The highest BCUT2D eigenvalue weighted by molar-refractivity contribution is 5.94. The first-order chi connectivity index (χ1) is 13.6. The molecule has 154 valence electrons. The molecule has 2 N–H and O–H groups in total. The number of rotatable bonds is 8. The molecule has 0 radical (unpaired) electrons. The molecule has 0 heterocycles. The molecule has 2 fully saturated rings. The maximum absolute atomic E-state index is 12.1. The molecule has 3 unspecified atom stereocenters. The second kappa shape index (κ2) is 9.94. The monoisotopic (exact) mass is 384 g/mol. The lowest BCUT2D eigenvalue weighted by Crippen LogP contribution is -2.38. The first-order valence-electron chi connectivity index (χ1n) is 10.9. The highest BCUT2D eigenvalue weighted by Gasteiger charge is 2.38. The lowest BCUT2D eigenvalue weighted by molar-refractivity contribution is 0.0827. The number of hydrogen-bond acceptors (Lipinski definition) is 2. The maximum atomic E-state index is 12.1. The van der Waals surface area contributed by atoms with Crippen LogP contribution in [0.15, 0.2) is 29.3 Å². The van der Waals surface area contributed by atoms with Gasteiger partial charge >= 0.3 is 0 Å². The van der Waals surface area contributed by atoms with Crippen LogP contribution in [0, 0.1) is 17.8 Å². The van der Waals surface area contributed by atoms with E-state index >= 15 is 0 Å². The average molecular weight is 385 g/mol. The van der Waals surface area contributed by atoms with E-state index in [9.17, 15) is 4.79 Å². The number of carbonyl (C=O) groups is 1. The zero-order valence-electron chi connectivity index (χ0n) is 17.7. The van der Waals surface area contributed by atoms with E-state index in [1.54, 1.807) is 19.0 Å². The third kappa shape index (κ3) is 5.49. The van der Waals surface area contributed by atoms with Gasteiger partial charge in [0, 0.05) is 39.3 Å². The van der Waals surface area contributed by atoms with E-state index in [0.717, 1.165) is 60.9 Å². The Labute approximate surface area is 170 Å². The van der Waals surface area contributed by atoms with Gasteiger partial charge < -0.3 is 15.5 Å². The Bertz CT molecular complexity index is 685. The lowest BCUT2D eigenvalue weighted by atomic mass is 9.86. The fraction of sp³-hybridized carbons (Fsp3) is 0.652. The van der Waals surface area contributed by atoms with E-state index in [0.29, 0.717) is 0 Å². The van der Waals surface area contributed by atoms with Crippen LogP contribution in [0.1, 0.15) is 54.9 Å². The van der Waals surface area contributed by atoms with Gasteiger partial charge in [-0.05, 0) is 74.5 Å². The van der Waals surface area contributed by atoms with Crippen LogP contribution in [-0.4, -0.2) is 50.5 Å². The summed E-state index contributed by atoms with van der Waals surface area (Å²) in [6.07, 6.45) is 7.93. The molecule has 3 atom stereocenters. The molecule has 28 heavy (non-hydrogen) atoms. The van der Waals surface area contributed by atoms with E-state index in [-0.39, 0.29) is 5.91 Å². The van der Waals surface area contributed by atoms with Gasteiger partial charge in [0.15, 0.2) is 5.96 Å². The number of benzene rings is 1. The fourth-order valence-electron chi connectivity index (χ4n) is 4.86. The predicted molar refractivity (Wildman–Crippen MR) is 116 cm³/mol. The molecule has 2 aliphatic rings. The number of aliphatic imine (C=N–C) groups is 1. The van der Waals surface area contributed by atoms with Gasteiger partial charge in [-0.1, -0.05) is 18.6 Å². The van der Waals surface area contributed by atoms with Crippen LogP contribution in [0.4, 0.5) is 0 Å². The molecule has 2 aliphatic carbocycles. The van der Waals surface area contributed by atoms with Gasteiger partial charge in [0.05, 0.1) is 0 Å². The Morgan fingerprint density at radius 1 is 1.21 bits per heavy atom. The molecule has 5 heteroatoms. The molecule has 0 aromatic heterocycles. The quantitative estimate of drug-likeness (QED) is 0.534. The second-order valence-electron chi connectivity index (χ2n) is 8.56. The van der Waals surface area contributed by atoms with Crippen LogP contribution in [0.25, 0.3) is 0 Å². The number of carbonyl (C=O) groups excluding carboxylic acids is 1. The van der Waals surface area contributed by atoms with Crippen molar-refractivity contribution in [1.82, 2.24) is 15.5 Å². The van der Waals surface area contributed by atoms with Crippen LogP contribution < -0.4 is 10.6 Å². The van der Waals surface area contributed by atoms with Gasteiger partial charge in [-0.2, -0.15) is 0 Å². The minimum atomic E-state index is 0.0466. The van der Waals surface area contributed by atoms with Crippen LogP contribution in [0.5, 0.6) is 0 Å². The molecule has 1 amide bonds. The summed E-state index contributed by atoms with van der Waals surface area (Å²) in [4.78, 5) is 18.5. The zero-order valence-corrected chi connectivity index (χ0v) is 17.7. The fourth-order valence-corrected chi connectivity index (χ4v) is 4.86. The predicted octanol–water partition coefficient (Wildman–Crippen LogP) is 3.31. The van der Waals surface area contributed by atoms with Crippen molar-refractivity contribution in [3.63, 3.8) is 0 Å². The molecule has 0 saturated heterocycles. The minimum absolute atomic E-state index is 0.0466. The second-order valence-corrected chi connectivity index (χ2v) is 8.56. The molecule has 0 aliphatic heterocycles. The average Bonchev–Trinajstić information content (AvgIpc) is 3.31. The van der Waals surface area contributed by atoms with Crippen molar-refractivity contribution in [2.45, 2.75) is 45.4 Å². The number of amides is 1. The number of nitrogens with zero attached hydrogens (tertiary/aromatic N) is 2. The van der Waals surface area contributed by atoms with Crippen molar-refractivity contribution in [1.29, 1.82) is 0 Å². The van der Waals surface area contributed by atoms with Crippen LogP contribution in [0.3, 0.4) is 0 Å². The van der Waals surface area contributed by atoms with Crippen molar-refractivity contribution in [3.05, 3.63) is 35.4 Å². The molecule has 5 nitrogen and oxygen atoms in total. The normalized spacial score (nSPS) is 23.7. The lowest BCUT2D eigenvalue weighted by Gasteiger charge is -2.20.